The second-order valence-corrected chi connectivity index (χ2v) is 14.9. The summed E-state index contributed by atoms with van der Waals surface area (Å²) in [5.41, 5.74) is 2.79. The number of rotatable bonds is 15. The third-order valence-electron chi connectivity index (χ3n) is 10.7. The van der Waals surface area contributed by atoms with Gasteiger partial charge in [0.25, 0.3) is 0 Å². The first-order chi connectivity index (χ1) is 26.5. The van der Waals surface area contributed by atoms with E-state index in [0.29, 0.717) is 43.2 Å². The van der Waals surface area contributed by atoms with Crippen LogP contribution in [-0.4, -0.2) is 97.0 Å². The number of hydrogen-bond acceptors (Lipinski definition) is 9. The van der Waals surface area contributed by atoms with Gasteiger partial charge in [0, 0.05) is 19.6 Å². The first kappa shape index (κ1) is 38.4. The standard InChI is InChI=1S/C41H45F3N4O7/c1-24-4-2-6-29(16-24)54-35(20-45-23-49)41-18-30(26-9-7-25(8-10-26)5-3-15-53-38-32(43)14-13-31(42)37(38)44)36(40(52)55-28-11-12-28)34(47-41)21-48(22-41)39(51)33-17-27(50)19-46-33/h2,4,6-10,13-14,16,23,27-28,33-35,46-47,50H,3,5,11-12,15,17-22H2,1H3,(H,45,49)/t27-,33?,34+,35?,41+/m1/s1. The number of piperazine rings is 1. The van der Waals surface area contributed by atoms with Gasteiger partial charge in [0.05, 0.1) is 42.5 Å². The third-order valence-corrected chi connectivity index (χ3v) is 10.7. The average molecular weight is 763 g/mol. The number of hydrogen-bond donors (Lipinski definition) is 4. The van der Waals surface area contributed by atoms with Crippen LogP contribution in [0.15, 0.2) is 66.2 Å². The van der Waals surface area contributed by atoms with Crippen molar-refractivity contribution in [3.63, 3.8) is 0 Å². The number of carbonyl (C=O) groups is 3. The van der Waals surface area contributed by atoms with E-state index in [4.69, 9.17) is 14.2 Å². The van der Waals surface area contributed by atoms with Gasteiger partial charge in [-0.2, -0.15) is 4.39 Å². The molecule has 4 aliphatic rings. The minimum Gasteiger partial charge on any atom is -0.488 e. The molecular weight excluding hydrogens is 717 g/mol. The zero-order valence-corrected chi connectivity index (χ0v) is 30.5. The number of aliphatic hydroxyl groups is 1. The van der Waals surface area contributed by atoms with E-state index >= 15 is 0 Å². The molecule has 0 spiro atoms. The summed E-state index contributed by atoms with van der Waals surface area (Å²) in [5, 5.41) is 19.8. The van der Waals surface area contributed by atoms with E-state index in [1.54, 1.807) is 4.90 Å². The average Bonchev–Trinajstić information content (AvgIpc) is 3.88. The van der Waals surface area contributed by atoms with E-state index in [1.807, 2.05) is 55.5 Å². The molecule has 3 heterocycles. The number of aliphatic hydroxyl groups excluding tert-OH is 1. The molecule has 5 atom stereocenters. The van der Waals surface area contributed by atoms with Crippen molar-refractivity contribution in [3.8, 4) is 11.5 Å². The Morgan fingerprint density at radius 1 is 1.09 bits per heavy atom. The fourth-order valence-corrected chi connectivity index (χ4v) is 7.80. The van der Waals surface area contributed by atoms with Gasteiger partial charge in [0.1, 0.15) is 18.0 Å². The number of β-amino-alcohol motifs (C(OH)–C–C–N with tert-alkyl or cyclic N) is 1. The number of esters is 1. The number of fused-ring (bicyclic) bond motifs is 2. The number of nitrogens with one attached hydrogen (secondary N) is 3. The van der Waals surface area contributed by atoms with Crippen LogP contribution in [0.3, 0.4) is 0 Å². The molecule has 1 saturated carbocycles. The molecule has 3 fully saturated rings. The van der Waals surface area contributed by atoms with Crippen LogP contribution in [0.2, 0.25) is 0 Å². The first-order valence-corrected chi connectivity index (χ1v) is 18.7. The lowest BCUT2D eigenvalue weighted by Gasteiger charge is -2.54. The molecule has 3 aromatic rings. The van der Waals surface area contributed by atoms with Crippen molar-refractivity contribution < 1.29 is 46.9 Å². The largest absolute Gasteiger partial charge is 0.488 e. The van der Waals surface area contributed by atoms with Crippen LogP contribution in [0.25, 0.3) is 5.57 Å². The van der Waals surface area contributed by atoms with Crippen molar-refractivity contribution in [2.45, 2.75) is 81.4 Å². The van der Waals surface area contributed by atoms with Crippen molar-refractivity contribution in [1.29, 1.82) is 0 Å². The van der Waals surface area contributed by atoms with Crippen LogP contribution in [0, 0.1) is 24.4 Å². The van der Waals surface area contributed by atoms with Crippen molar-refractivity contribution in [2.75, 3.05) is 32.8 Å². The van der Waals surface area contributed by atoms with E-state index < -0.39 is 59.0 Å². The second-order valence-electron chi connectivity index (χ2n) is 14.9. The van der Waals surface area contributed by atoms with Gasteiger partial charge in [0.15, 0.2) is 17.4 Å². The summed E-state index contributed by atoms with van der Waals surface area (Å²) in [6, 6.07) is 15.4. The van der Waals surface area contributed by atoms with Crippen LogP contribution in [0.1, 0.15) is 48.8 Å². The normalized spacial score (nSPS) is 23.9. The summed E-state index contributed by atoms with van der Waals surface area (Å²) in [6.07, 6.45) is 2.01. The molecule has 0 radical (unpaired) electrons. The number of halogens is 3. The maximum Gasteiger partial charge on any atom is 0.336 e. The lowest BCUT2D eigenvalue weighted by Crippen LogP contribution is -2.75. The molecule has 2 saturated heterocycles. The number of nitrogens with zero attached hydrogens (tertiary/aromatic N) is 1. The summed E-state index contributed by atoms with van der Waals surface area (Å²) in [5.74, 6) is -4.37. The SMILES string of the molecule is Cc1cccc(OC(CNC=O)[C@]23CC(c4ccc(CCCOc5c(F)ccc(F)c5F)cc4)=C(C(=O)OC4CC4)[C@H](CN(C(=O)C4C[C@@H](O)CN4)C2)N3)c1. The van der Waals surface area contributed by atoms with Gasteiger partial charge in [0.2, 0.25) is 18.1 Å². The smallest absolute Gasteiger partial charge is 0.336 e. The topological polar surface area (TPSA) is 138 Å². The second kappa shape index (κ2) is 16.4. The Labute approximate surface area is 317 Å². The lowest BCUT2D eigenvalue weighted by molar-refractivity contribution is -0.143. The Hall–Kier alpha value is -4.92. The molecule has 0 aromatic heterocycles. The first-order valence-electron chi connectivity index (χ1n) is 18.7. The minimum atomic E-state index is -1.37. The summed E-state index contributed by atoms with van der Waals surface area (Å²) < 4.78 is 59.5. The molecule has 11 nitrogen and oxygen atoms in total. The van der Waals surface area contributed by atoms with E-state index in [1.165, 1.54) is 0 Å². The molecule has 2 unspecified atom stereocenters. The van der Waals surface area contributed by atoms with Gasteiger partial charge in [-0.3, -0.25) is 14.9 Å². The number of aryl methyl sites for hydroxylation is 2. The van der Waals surface area contributed by atoms with Crippen LogP contribution >= 0.6 is 0 Å². The van der Waals surface area contributed by atoms with E-state index in [9.17, 15) is 32.7 Å². The van der Waals surface area contributed by atoms with Crippen LogP contribution in [-0.2, 0) is 25.5 Å². The molecule has 3 aromatic carbocycles. The molecule has 292 valence electrons. The molecule has 1 aliphatic carbocycles. The van der Waals surface area contributed by atoms with Gasteiger partial charge >= 0.3 is 5.97 Å². The summed E-state index contributed by atoms with van der Waals surface area (Å²) in [4.78, 5) is 41.6. The molecule has 2 bridgehead atoms. The van der Waals surface area contributed by atoms with E-state index in [0.717, 1.165) is 41.2 Å². The Bertz CT molecular complexity index is 1940. The third kappa shape index (κ3) is 8.66. The molecule has 55 heavy (non-hydrogen) atoms. The minimum absolute atomic E-state index is 0.0427. The molecule has 2 amide bonds. The van der Waals surface area contributed by atoms with Gasteiger partial charge in [-0.25, -0.2) is 13.6 Å². The van der Waals surface area contributed by atoms with Crippen molar-refractivity contribution in [1.82, 2.24) is 20.9 Å². The highest BCUT2D eigenvalue weighted by atomic mass is 19.2. The van der Waals surface area contributed by atoms with Crippen LogP contribution in [0.4, 0.5) is 13.2 Å². The Balaban J connectivity index is 1.20. The maximum atomic E-state index is 14.1. The summed E-state index contributed by atoms with van der Waals surface area (Å²) in [7, 11) is 0. The fraction of sp³-hybridized carbons (Fsp3) is 0.439. The summed E-state index contributed by atoms with van der Waals surface area (Å²) in [6.45, 7) is 2.65. The number of carbonyl (C=O) groups excluding carboxylic acids is 3. The van der Waals surface area contributed by atoms with Crippen LogP contribution in [0.5, 0.6) is 11.5 Å². The van der Waals surface area contributed by atoms with Crippen molar-refractivity contribution >= 4 is 23.9 Å². The zero-order chi connectivity index (χ0) is 38.7. The predicted octanol–water partition coefficient (Wildman–Crippen LogP) is 3.74. The molecule has 14 heteroatoms. The van der Waals surface area contributed by atoms with Crippen LogP contribution < -0.4 is 25.4 Å². The quantitative estimate of drug-likeness (QED) is 0.0790. The molecule has 3 aliphatic heterocycles. The van der Waals surface area contributed by atoms with Gasteiger partial charge in [-0.05, 0) is 92.0 Å². The Morgan fingerprint density at radius 3 is 2.58 bits per heavy atom. The Morgan fingerprint density at radius 2 is 1.87 bits per heavy atom. The highest BCUT2D eigenvalue weighted by Crippen LogP contribution is 2.42. The number of ether oxygens (including phenoxy) is 3. The fourth-order valence-electron chi connectivity index (χ4n) is 7.80. The molecular formula is C41H45F3N4O7. The predicted molar refractivity (Wildman–Crippen MR) is 196 cm³/mol. The molecule has 7 rings (SSSR count). The monoisotopic (exact) mass is 762 g/mol. The molecule has 4 N–H and O–H groups in total. The highest BCUT2D eigenvalue weighted by Gasteiger charge is 2.54. The van der Waals surface area contributed by atoms with Gasteiger partial charge in [-0.15, -0.1) is 0 Å². The highest BCUT2D eigenvalue weighted by molar-refractivity contribution is 6.00. The maximum absolute atomic E-state index is 14.1. The zero-order valence-electron chi connectivity index (χ0n) is 30.5. The van der Waals surface area contributed by atoms with E-state index in [2.05, 4.69) is 16.0 Å². The Kier molecular flexibility index (Phi) is 11.5. The number of benzene rings is 3. The lowest BCUT2D eigenvalue weighted by atomic mass is 9.72. The van der Waals surface area contributed by atoms with E-state index in [-0.39, 0.29) is 51.1 Å². The van der Waals surface area contributed by atoms with Gasteiger partial charge < -0.3 is 34.9 Å². The van der Waals surface area contributed by atoms with Crippen molar-refractivity contribution in [3.05, 3.63) is 100 Å². The number of amides is 2. The van der Waals surface area contributed by atoms with Gasteiger partial charge in [-0.1, -0.05) is 36.4 Å². The summed E-state index contributed by atoms with van der Waals surface area (Å²) >= 11 is 0. The van der Waals surface area contributed by atoms with Crippen molar-refractivity contribution in [2.24, 2.45) is 0 Å².